The normalized spacial score (nSPS) is 10.3. The van der Waals surface area contributed by atoms with Crippen LogP contribution < -0.4 is 0 Å². The average molecular weight is 254 g/mol. The van der Waals surface area contributed by atoms with Crippen LogP contribution in [0.4, 0.5) is 0 Å². The maximum Gasteiger partial charge on any atom is 0.305 e. The molecule has 18 heavy (non-hydrogen) atoms. The molecule has 2 heteroatoms. The van der Waals surface area contributed by atoms with Gasteiger partial charge >= 0.3 is 5.97 Å². The highest BCUT2D eigenvalue weighted by molar-refractivity contribution is 5.69. The molecule has 0 unspecified atom stereocenters. The standard InChI is InChI=1S/C16H30O2/c1-3-5-7-8-9-10-11-12-13-14-16(17)18-15-6-4-2/h4H,2-3,5-15H2,1H3. The fraction of sp³-hybridized carbons (Fsp3) is 0.812. The number of unbranched alkanes of at least 4 members (excludes halogenated alkanes) is 8. The van der Waals surface area contributed by atoms with Crippen molar-refractivity contribution in [2.24, 2.45) is 0 Å². The summed E-state index contributed by atoms with van der Waals surface area (Å²) < 4.78 is 5.04. The molecule has 0 amide bonds. The third-order valence-corrected chi connectivity index (χ3v) is 3.07. The summed E-state index contributed by atoms with van der Waals surface area (Å²) in [5, 5.41) is 0. The van der Waals surface area contributed by atoms with Crippen molar-refractivity contribution < 1.29 is 9.53 Å². The van der Waals surface area contributed by atoms with Crippen molar-refractivity contribution in [1.82, 2.24) is 0 Å². The summed E-state index contributed by atoms with van der Waals surface area (Å²) in [6.45, 7) is 6.32. The first-order valence-corrected chi connectivity index (χ1v) is 7.57. The van der Waals surface area contributed by atoms with Crippen LogP contribution in [0.5, 0.6) is 0 Å². The van der Waals surface area contributed by atoms with Gasteiger partial charge in [-0.15, -0.1) is 6.58 Å². The molecule has 0 radical (unpaired) electrons. The molecule has 0 aliphatic carbocycles. The van der Waals surface area contributed by atoms with Crippen LogP contribution in [0.1, 0.15) is 77.6 Å². The highest BCUT2D eigenvalue weighted by atomic mass is 16.5. The number of esters is 1. The van der Waals surface area contributed by atoms with Gasteiger partial charge in [-0.25, -0.2) is 0 Å². The molecular formula is C16H30O2. The van der Waals surface area contributed by atoms with Crippen LogP contribution >= 0.6 is 0 Å². The van der Waals surface area contributed by atoms with Crippen molar-refractivity contribution in [1.29, 1.82) is 0 Å². The number of carbonyl (C=O) groups is 1. The molecule has 2 nitrogen and oxygen atoms in total. The van der Waals surface area contributed by atoms with Gasteiger partial charge in [0.05, 0.1) is 6.61 Å². The van der Waals surface area contributed by atoms with E-state index < -0.39 is 0 Å². The Morgan fingerprint density at radius 3 is 2.11 bits per heavy atom. The summed E-state index contributed by atoms with van der Waals surface area (Å²) in [5.74, 6) is -0.0557. The van der Waals surface area contributed by atoms with E-state index in [9.17, 15) is 4.79 Å². The summed E-state index contributed by atoms with van der Waals surface area (Å²) >= 11 is 0. The minimum Gasteiger partial charge on any atom is -0.465 e. The zero-order valence-corrected chi connectivity index (χ0v) is 12.1. The first-order chi connectivity index (χ1) is 8.81. The summed E-state index contributed by atoms with van der Waals surface area (Å²) in [5.41, 5.74) is 0. The Bertz CT molecular complexity index is 199. The van der Waals surface area contributed by atoms with E-state index in [0.29, 0.717) is 13.0 Å². The second-order valence-electron chi connectivity index (χ2n) is 4.88. The summed E-state index contributed by atoms with van der Waals surface area (Å²) in [7, 11) is 0. The molecule has 0 spiro atoms. The number of hydrogen-bond acceptors (Lipinski definition) is 2. The first-order valence-electron chi connectivity index (χ1n) is 7.57. The molecule has 0 aromatic heterocycles. The van der Waals surface area contributed by atoms with Crippen LogP contribution in [0, 0.1) is 0 Å². The van der Waals surface area contributed by atoms with E-state index >= 15 is 0 Å². The van der Waals surface area contributed by atoms with Gasteiger partial charge in [0.15, 0.2) is 0 Å². The van der Waals surface area contributed by atoms with Crippen LogP contribution in [0.25, 0.3) is 0 Å². The lowest BCUT2D eigenvalue weighted by Crippen LogP contribution is -2.04. The summed E-state index contributed by atoms with van der Waals surface area (Å²) in [6, 6.07) is 0. The zero-order valence-electron chi connectivity index (χ0n) is 12.1. The third kappa shape index (κ3) is 13.3. The molecule has 0 aromatic carbocycles. The molecule has 0 rings (SSSR count). The largest absolute Gasteiger partial charge is 0.465 e. The molecule has 0 aliphatic heterocycles. The number of ether oxygens (including phenoxy) is 1. The van der Waals surface area contributed by atoms with Gasteiger partial charge in [-0.1, -0.05) is 64.4 Å². The Balaban J connectivity index is 3.10. The SMILES string of the molecule is C=CCCOC(=O)CCCCCCCCCCC. The Hall–Kier alpha value is -0.790. The molecule has 0 bridgehead atoms. The molecule has 0 fully saturated rings. The second kappa shape index (κ2) is 14.3. The van der Waals surface area contributed by atoms with Crippen LogP contribution in [0.2, 0.25) is 0 Å². The minimum absolute atomic E-state index is 0.0557. The Labute approximate surface area is 113 Å². The number of rotatable bonds is 13. The van der Waals surface area contributed by atoms with Gasteiger partial charge in [0.2, 0.25) is 0 Å². The highest BCUT2D eigenvalue weighted by Gasteiger charge is 2.01. The summed E-state index contributed by atoms with van der Waals surface area (Å²) in [6.07, 6.45) is 14.6. The van der Waals surface area contributed by atoms with Gasteiger partial charge in [0.25, 0.3) is 0 Å². The summed E-state index contributed by atoms with van der Waals surface area (Å²) in [4.78, 5) is 11.3. The second-order valence-corrected chi connectivity index (χ2v) is 4.88. The number of hydrogen-bond donors (Lipinski definition) is 0. The van der Waals surface area contributed by atoms with Crippen LogP contribution in [-0.2, 0) is 9.53 Å². The monoisotopic (exact) mass is 254 g/mol. The van der Waals surface area contributed by atoms with E-state index in [1.165, 1.54) is 44.9 Å². The zero-order chi connectivity index (χ0) is 13.5. The highest BCUT2D eigenvalue weighted by Crippen LogP contribution is 2.10. The van der Waals surface area contributed by atoms with E-state index in [-0.39, 0.29) is 5.97 Å². The Kier molecular flexibility index (Phi) is 13.6. The van der Waals surface area contributed by atoms with Crippen molar-refractivity contribution in [2.75, 3.05) is 6.61 Å². The van der Waals surface area contributed by atoms with Gasteiger partial charge < -0.3 is 4.74 Å². The molecular weight excluding hydrogens is 224 g/mol. The number of carbonyl (C=O) groups excluding carboxylic acids is 1. The maximum atomic E-state index is 11.3. The molecule has 0 heterocycles. The molecule has 0 atom stereocenters. The van der Waals surface area contributed by atoms with Crippen LogP contribution in [0.15, 0.2) is 12.7 Å². The molecule has 106 valence electrons. The third-order valence-electron chi connectivity index (χ3n) is 3.07. The van der Waals surface area contributed by atoms with Gasteiger partial charge in [0, 0.05) is 6.42 Å². The van der Waals surface area contributed by atoms with E-state index in [1.54, 1.807) is 6.08 Å². The predicted octanol–water partition coefficient (Wildman–Crippen LogP) is 5.03. The minimum atomic E-state index is -0.0557. The maximum absolute atomic E-state index is 11.3. The van der Waals surface area contributed by atoms with Crippen molar-refractivity contribution in [2.45, 2.75) is 77.6 Å². The van der Waals surface area contributed by atoms with Gasteiger partial charge in [-0.05, 0) is 12.8 Å². The smallest absolute Gasteiger partial charge is 0.305 e. The van der Waals surface area contributed by atoms with Crippen molar-refractivity contribution in [3.05, 3.63) is 12.7 Å². The lowest BCUT2D eigenvalue weighted by molar-refractivity contribution is -0.143. The van der Waals surface area contributed by atoms with E-state index in [0.717, 1.165) is 19.3 Å². The topological polar surface area (TPSA) is 26.3 Å². The quantitative estimate of drug-likeness (QED) is 0.262. The van der Waals surface area contributed by atoms with Crippen LogP contribution in [0.3, 0.4) is 0 Å². The predicted molar refractivity (Wildman–Crippen MR) is 77.6 cm³/mol. The van der Waals surface area contributed by atoms with E-state index in [2.05, 4.69) is 13.5 Å². The first kappa shape index (κ1) is 17.2. The van der Waals surface area contributed by atoms with Crippen molar-refractivity contribution in [3.8, 4) is 0 Å². The molecule has 0 N–H and O–H groups in total. The van der Waals surface area contributed by atoms with Gasteiger partial charge in [-0.3, -0.25) is 4.79 Å². The van der Waals surface area contributed by atoms with Crippen molar-refractivity contribution in [3.63, 3.8) is 0 Å². The molecule has 0 saturated carbocycles. The fourth-order valence-electron chi connectivity index (χ4n) is 1.91. The Morgan fingerprint density at radius 1 is 1.00 bits per heavy atom. The molecule has 0 aliphatic rings. The average Bonchev–Trinajstić information content (AvgIpc) is 2.37. The molecule has 0 aromatic rings. The van der Waals surface area contributed by atoms with Crippen molar-refractivity contribution >= 4 is 5.97 Å². The van der Waals surface area contributed by atoms with Gasteiger partial charge in [-0.2, -0.15) is 0 Å². The van der Waals surface area contributed by atoms with Crippen LogP contribution in [-0.4, -0.2) is 12.6 Å². The fourth-order valence-corrected chi connectivity index (χ4v) is 1.91. The van der Waals surface area contributed by atoms with Gasteiger partial charge in [0.1, 0.15) is 0 Å². The lowest BCUT2D eigenvalue weighted by Gasteiger charge is -2.03. The van der Waals surface area contributed by atoms with E-state index in [1.807, 2.05) is 0 Å². The molecule has 0 saturated heterocycles. The lowest BCUT2D eigenvalue weighted by atomic mass is 10.1. The Morgan fingerprint density at radius 2 is 1.56 bits per heavy atom. The van der Waals surface area contributed by atoms with E-state index in [4.69, 9.17) is 4.74 Å².